The Morgan fingerprint density at radius 2 is 2.71 bits per heavy atom. The topological polar surface area (TPSA) is 74.9 Å². The first-order valence-corrected chi connectivity index (χ1v) is 1.55. The highest BCUT2D eigenvalue weighted by atomic mass is 16.3. The van der Waals surface area contributed by atoms with Gasteiger partial charge in [0.05, 0.1) is 0 Å². The minimum absolute atomic E-state index is 0.847. The Morgan fingerprint density at radius 1 is 1.86 bits per heavy atom. The van der Waals surface area contributed by atoms with E-state index in [2.05, 4.69) is 20.8 Å². The first-order valence-electron chi connectivity index (χ1n) is 1.55. The van der Waals surface area contributed by atoms with Crippen LogP contribution in [-0.4, -0.2) is 15.5 Å². The summed E-state index contributed by atoms with van der Waals surface area (Å²) >= 11 is 0. The van der Waals surface area contributed by atoms with Crippen LogP contribution in [0.15, 0.2) is 11.6 Å². The quantitative estimate of drug-likeness (QED) is 0.349. The summed E-state index contributed by atoms with van der Waals surface area (Å²) in [6.45, 7) is 0. The molecule has 0 aliphatic carbocycles. The number of aromatic amines is 1. The monoisotopic (exact) mass is 100 g/mol. The van der Waals surface area contributed by atoms with Crippen molar-refractivity contribution in [3.8, 4) is 0 Å². The van der Waals surface area contributed by atoms with Crippen molar-refractivity contribution in [1.82, 2.24) is 15.5 Å². The highest BCUT2D eigenvalue weighted by molar-refractivity contribution is 4.12. The van der Waals surface area contributed by atoms with E-state index in [1.807, 2.05) is 0 Å². The molecule has 0 unspecified atom stereocenters. The van der Waals surface area contributed by atoms with Crippen LogP contribution < -0.4 is 4.79 Å². The number of nitrogens with zero attached hydrogens (tertiary/aromatic N) is 4. The zero-order chi connectivity index (χ0) is 5.11. The summed E-state index contributed by atoms with van der Waals surface area (Å²) in [4.78, 5) is 10.3. The third-order valence-electron chi connectivity index (χ3n) is 0.454. The predicted molar refractivity (Wildman–Crippen MR) is 17.8 cm³/mol. The summed E-state index contributed by atoms with van der Waals surface area (Å²) in [7, 11) is 0. The van der Waals surface area contributed by atoms with Gasteiger partial charge >= 0.3 is 6.33 Å². The van der Waals surface area contributed by atoms with Gasteiger partial charge in [0.1, 0.15) is 10.4 Å². The summed E-state index contributed by atoms with van der Waals surface area (Å²) in [5.41, 5.74) is 0. The summed E-state index contributed by atoms with van der Waals surface area (Å²) in [5, 5.41) is 11.0. The predicted octanol–water partition coefficient (Wildman–Crippen LogP) is -1.38. The molecule has 0 radical (unpaired) electrons. The maximum atomic E-state index is 9.47. The van der Waals surface area contributed by atoms with Gasteiger partial charge in [0.15, 0.2) is 5.21 Å². The third kappa shape index (κ3) is 0.566. The van der Waals surface area contributed by atoms with Gasteiger partial charge < -0.3 is 0 Å². The molecule has 1 aromatic rings. The number of tetrazole rings is 1. The van der Waals surface area contributed by atoms with Crippen LogP contribution in [0.4, 0.5) is 0 Å². The van der Waals surface area contributed by atoms with Crippen LogP contribution in [0.1, 0.15) is 0 Å². The lowest BCUT2D eigenvalue weighted by molar-refractivity contribution is -0.740. The van der Waals surface area contributed by atoms with Gasteiger partial charge in [0.25, 0.3) is 0 Å². The summed E-state index contributed by atoms with van der Waals surface area (Å²) < 4.78 is 0. The minimum Gasteiger partial charge on any atom is -0.108 e. The van der Waals surface area contributed by atoms with Gasteiger partial charge in [-0.25, -0.2) is 0 Å². The molecule has 0 aliphatic heterocycles. The molecule has 0 aromatic carbocycles. The van der Waals surface area contributed by atoms with Crippen molar-refractivity contribution < 1.29 is 4.79 Å². The molecule has 1 heterocycles. The molecular formula is CH2N5O+. The van der Waals surface area contributed by atoms with Gasteiger partial charge in [-0.15, -0.1) is 4.91 Å². The van der Waals surface area contributed by atoms with Crippen molar-refractivity contribution >= 4 is 0 Å². The van der Waals surface area contributed by atoms with E-state index in [1.54, 1.807) is 0 Å². The number of nitroso groups, excluding NO2 is 1. The lowest BCUT2D eigenvalue weighted by Crippen LogP contribution is -2.27. The van der Waals surface area contributed by atoms with Crippen molar-refractivity contribution in [3.63, 3.8) is 0 Å². The molecule has 1 N–H and O–H groups in total. The molecule has 1 rings (SSSR count). The number of rotatable bonds is 1. The molecule has 1 aromatic heterocycles. The summed E-state index contributed by atoms with van der Waals surface area (Å²) in [6, 6.07) is 0. The van der Waals surface area contributed by atoms with Crippen LogP contribution in [0.2, 0.25) is 0 Å². The standard InChI is InChI=1S/CHN5O/c7-5-6-1-2-3-4-6/h1H/p+1. The second-order valence-electron chi connectivity index (χ2n) is 0.857. The van der Waals surface area contributed by atoms with Crippen molar-refractivity contribution in [3.05, 3.63) is 11.2 Å². The van der Waals surface area contributed by atoms with E-state index >= 15 is 0 Å². The van der Waals surface area contributed by atoms with E-state index in [0.717, 1.165) is 11.1 Å². The van der Waals surface area contributed by atoms with Crippen LogP contribution in [0.3, 0.4) is 0 Å². The molecule has 0 saturated heterocycles. The van der Waals surface area contributed by atoms with Gasteiger partial charge in [-0.1, -0.05) is 0 Å². The van der Waals surface area contributed by atoms with Crippen molar-refractivity contribution in [2.75, 3.05) is 0 Å². The summed E-state index contributed by atoms with van der Waals surface area (Å²) in [5.74, 6) is 0. The van der Waals surface area contributed by atoms with Gasteiger partial charge in [0.2, 0.25) is 0 Å². The minimum atomic E-state index is 0.847. The number of H-pyrrole nitrogens is 1. The lowest BCUT2D eigenvalue weighted by atomic mass is 11.4. The van der Waals surface area contributed by atoms with Gasteiger partial charge in [-0.3, -0.25) is 0 Å². The average molecular weight is 100 g/mol. The van der Waals surface area contributed by atoms with Crippen LogP contribution in [0.25, 0.3) is 0 Å². The van der Waals surface area contributed by atoms with Crippen molar-refractivity contribution in [2.45, 2.75) is 0 Å². The Morgan fingerprint density at radius 3 is 3.00 bits per heavy atom. The molecule has 7 heavy (non-hydrogen) atoms. The van der Waals surface area contributed by atoms with Crippen LogP contribution in [-0.2, 0) is 0 Å². The molecule has 6 heteroatoms. The largest absolute Gasteiger partial charge is 0.318 e. The van der Waals surface area contributed by atoms with Gasteiger partial charge in [-0.05, 0) is 5.21 Å². The Hall–Kier alpha value is -1.33. The Bertz CT molecular complexity index is 143. The van der Waals surface area contributed by atoms with E-state index in [1.165, 1.54) is 0 Å². The SMILES string of the molecule is O=N[n+]1cnn[nH]1. The maximum Gasteiger partial charge on any atom is 0.318 e. The molecule has 0 fully saturated rings. The van der Waals surface area contributed by atoms with E-state index in [4.69, 9.17) is 0 Å². The van der Waals surface area contributed by atoms with Crippen LogP contribution in [0, 0.1) is 4.91 Å². The zero-order valence-corrected chi connectivity index (χ0v) is 3.27. The second kappa shape index (κ2) is 1.41. The number of nitrogens with one attached hydrogen (secondary N) is 1. The second-order valence-corrected chi connectivity index (χ2v) is 0.857. The zero-order valence-electron chi connectivity index (χ0n) is 3.27. The van der Waals surface area contributed by atoms with E-state index in [-0.39, 0.29) is 0 Å². The average Bonchev–Trinajstić information content (AvgIpc) is 2.14. The highest BCUT2D eigenvalue weighted by Crippen LogP contribution is 1.49. The van der Waals surface area contributed by atoms with Crippen LogP contribution >= 0.6 is 0 Å². The normalized spacial score (nSPS) is 8.57. The third-order valence-corrected chi connectivity index (χ3v) is 0.454. The smallest absolute Gasteiger partial charge is 0.108 e. The fourth-order valence-corrected chi connectivity index (χ4v) is 0.212. The fourth-order valence-electron chi connectivity index (χ4n) is 0.212. The highest BCUT2D eigenvalue weighted by Gasteiger charge is 1.92. The first kappa shape index (κ1) is 3.85. The van der Waals surface area contributed by atoms with E-state index in [0.29, 0.717) is 0 Å². The lowest BCUT2D eigenvalue weighted by Gasteiger charge is -1.61. The van der Waals surface area contributed by atoms with E-state index in [9.17, 15) is 4.91 Å². The van der Waals surface area contributed by atoms with E-state index < -0.39 is 0 Å². The Balaban J connectivity index is 2.96. The Kier molecular flexibility index (Phi) is 0.777. The molecule has 0 aliphatic rings. The molecule has 6 nitrogen and oxygen atoms in total. The van der Waals surface area contributed by atoms with Crippen molar-refractivity contribution in [1.29, 1.82) is 0 Å². The summed E-state index contributed by atoms with van der Waals surface area (Å²) in [6.07, 6.45) is 1.16. The molecular weight excluding hydrogens is 98.0 g/mol. The molecule has 0 bridgehead atoms. The number of hydrogen-bond acceptors (Lipinski definition) is 4. The van der Waals surface area contributed by atoms with Gasteiger partial charge in [0, 0.05) is 4.79 Å². The van der Waals surface area contributed by atoms with Crippen molar-refractivity contribution in [2.24, 2.45) is 5.29 Å². The molecule has 0 amide bonds. The van der Waals surface area contributed by atoms with Gasteiger partial charge in [-0.2, -0.15) is 0 Å². The molecule has 0 spiro atoms. The molecule has 36 valence electrons. The van der Waals surface area contributed by atoms with Crippen LogP contribution in [0.5, 0.6) is 0 Å². The Labute approximate surface area is 38.1 Å². The number of aromatic nitrogens is 4. The number of hydrogen-bond donors (Lipinski definition) is 1. The molecule has 0 saturated carbocycles. The fraction of sp³-hybridized carbons (Fsp3) is 0. The maximum absolute atomic E-state index is 9.47. The first-order chi connectivity index (χ1) is 3.43. The molecule has 0 atom stereocenters.